The van der Waals surface area contributed by atoms with Crippen molar-refractivity contribution >= 4 is 17.5 Å². The number of amides is 2. The van der Waals surface area contributed by atoms with Gasteiger partial charge in [-0.25, -0.2) is 4.39 Å². The molecule has 1 aromatic rings. The topological polar surface area (TPSA) is 79.3 Å². The Balaban J connectivity index is 1.68. The molecular formula is C22H25FN2O5. The number of ether oxygens (including phenoxy) is 2. The number of morpholine rings is 1. The Hall–Kier alpha value is -2.55. The van der Waals surface area contributed by atoms with Crippen LogP contribution in [-0.4, -0.2) is 66.6 Å². The van der Waals surface area contributed by atoms with Gasteiger partial charge in [0.25, 0.3) is 17.6 Å². The first kappa shape index (κ1) is 20.7. The number of benzene rings is 1. The smallest absolute Gasteiger partial charge is 0.288 e. The summed E-state index contributed by atoms with van der Waals surface area (Å²) in [6, 6.07) is 4.95. The van der Waals surface area contributed by atoms with E-state index >= 15 is 0 Å². The minimum atomic E-state index is -2.10. The fourth-order valence-electron chi connectivity index (χ4n) is 4.11. The first-order valence-corrected chi connectivity index (χ1v) is 10.2. The largest absolute Gasteiger partial charge is 0.378 e. The van der Waals surface area contributed by atoms with E-state index in [-0.39, 0.29) is 12.5 Å². The lowest BCUT2D eigenvalue weighted by atomic mass is 9.87. The van der Waals surface area contributed by atoms with Gasteiger partial charge in [0.05, 0.1) is 31.8 Å². The molecule has 1 N–H and O–H groups in total. The van der Waals surface area contributed by atoms with Crippen LogP contribution in [0.5, 0.6) is 0 Å². The highest BCUT2D eigenvalue weighted by atomic mass is 19.1. The van der Waals surface area contributed by atoms with Crippen LogP contribution in [0.3, 0.4) is 0 Å². The van der Waals surface area contributed by atoms with E-state index in [2.05, 4.69) is 0 Å². The maximum Gasteiger partial charge on any atom is 0.288 e. The molecule has 3 atom stereocenters. The van der Waals surface area contributed by atoms with Crippen molar-refractivity contribution < 1.29 is 28.6 Å². The standard InChI is InChI=1S/C22H25FN2O5/c1-2-11-30-22(28)18-14-15(20(26)24-9-12-29-13-10-24)3-8-19(18)25(21(22)27)17-6-4-16(23)5-7-17/h3-8,14,18-19,28H,2,9-13H2,1H3. The number of carbonyl (C=O) groups is 2. The van der Waals surface area contributed by atoms with Crippen molar-refractivity contribution in [3.63, 3.8) is 0 Å². The van der Waals surface area contributed by atoms with Gasteiger partial charge in [-0.2, -0.15) is 0 Å². The molecule has 0 radical (unpaired) electrons. The molecule has 4 rings (SSSR count). The summed E-state index contributed by atoms with van der Waals surface area (Å²) in [7, 11) is 0. The normalized spacial score (nSPS) is 28.5. The molecule has 2 amide bonds. The third-order valence-corrected chi connectivity index (χ3v) is 5.65. The Morgan fingerprint density at radius 1 is 1.30 bits per heavy atom. The molecule has 1 aliphatic carbocycles. The molecular weight excluding hydrogens is 391 g/mol. The minimum absolute atomic E-state index is 0.168. The Labute approximate surface area is 174 Å². The lowest BCUT2D eigenvalue weighted by molar-refractivity contribution is -0.211. The molecule has 0 spiro atoms. The maximum atomic E-state index is 13.4. The van der Waals surface area contributed by atoms with Gasteiger partial charge in [0.2, 0.25) is 0 Å². The molecule has 2 aliphatic heterocycles. The highest BCUT2D eigenvalue weighted by molar-refractivity contribution is 6.04. The number of hydrogen-bond acceptors (Lipinski definition) is 5. The van der Waals surface area contributed by atoms with Crippen LogP contribution in [-0.2, 0) is 19.1 Å². The van der Waals surface area contributed by atoms with E-state index in [0.29, 0.717) is 44.0 Å². The van der Waals surface area contributed by atoms with Gasteiger partial charge in [-0.1, -0.05) is 25.2 Å². The average Bonchev–Trinajstić information content (AvgIpc) is 3.00. The molecule has 1 aromatic carbocycles. The zero-order chi connectivity index (χ0) is 21.3. The molecule has 7 nitrogen and oxygen atoms in total. The summed E-state index contributed by atoms with van der Waals surface area (Å²) in [5, 5.41) is 11.3. The Morgan fingerprint density at radius 2 is 2.00 bits per heavy atom. The number of halogens is 1. The number of aliphatic hydroxyl groups is 1. The Kier molecular flexibility index (Phi) is 5.73. The molecule has 0 aromatic heterocycles. The molecule has 0 bridgehead atoms. The summed E-state index contributed by atoms with van der Waals surface area (Å²) in [4.78, 5) is 29.3. The van der Waals surface area contributed by atoms with Crippen LogP contribution in [0.2, 0.25) is 0 Å². The van der Waals surface area contributed by atoms with Crippen molar-refractivity contribution in [2.24, 2.45) is 5.92 Å². The van der Waals surface area contributed by atoms with E-state index in [4.69, 9.17) is 9.47 Å². The van der Waals surface area contributed by atoms with Crippen molar-refractivity contribution in [1.82, 2.24) is 4.90 Å². The Bertz CT molecular complexity index is 878. The lowest BCUT2D eigenvalue weighted by Gasteiger charge is -2.31. The van der Waals surface area contributed by atoms with Crippen molar-refractivity contribution in [2.45, 2.75) is 25.2 Å². The van der Waals surface area contributed by atoms with E-state index in [9.17, 15) is 19.1 Å². The van der Waals surface area contributed by atoms with Crippen LogP contribution in [0.1, 0.15) is 13.3 Å². The van der Waals surface area contributed by atoms with Crippen LogP contribution in [0, 0.1) is 11.7 Å². The van der Waals surface area contributed by atoms with Gasteiger partial charge in [-0.05, 0) is 30.7 Å². The molecule has 2 fully saturated rings. The number of anilines is 1. The van der Waals surface area contributed by atoms with E-state index in [0.717, 1.165) is 0 Å². The third kappa shape index (κ3) is 3.55. The van der Waals surface area contributed by atoms with Crippen LogP contribution in [0.15, 0.2) is 48.1 Å². The van der Waals surface area contributed by atoms with Gasteiger partial charge < -0.3 is 19.5 Å². The molecule has 0 saturated carbocycles. The first-order chi connectivity index (χ1) is 14.5. The molecule has 30 heavy (non-hydrogen) atoms. The number of hydrogen-bond donors (Lipinski definition) is 1. The van der Waals surface area contributed by atoms with E-state index in [1.165, 1.54) is 29.2 Å². The third-order valence-electron chi connectivity index (χ3n) is 5.65. The molecule has 2 saturated heterocycles. The van der Waals surface area contributed by atoms with Crippen LogP contribution >= 0.6 is 0 Å². The highest BCUT2D eigenvalue weighted by Crippen LogP contribution is 2.43. The van der Waals surface area contributed by atoms with Gasteiger partial charge in [0, 0.05) is 24.4 Å². The summed E-state index contributed by atoms with van der Waals surface area (Å²) in [6.07, 6.45) is 5.64. The van der Waals surface area contributed by atoms with Gasteiger partial charge in [0.15, 0.2) is 0 Å². The van der Waals surface area contributed by atoms with Crippen LogP contribution in [0.25, 0.3) is 0 Å². The van der Waals surface area contributed by atoms with Crippen LogP contribution < -0.4 is 4.90 Å². The highest BCUT2D eigenvalue weighted by Gasteiger charge is 2.59. The van der Waals surface area contributed by atoms with Gasteiger partial charge in [0.1, 0.15) is 5.82 Å². The monoisotopic (exact) mass is 416 g/mol. The zero-order valence-electron chi connectivity index (χ0n) is 16.8. The van der Waals surface area contributed by atoms with E-state index < -0.39 is 29.5 Å². The molecule has 2 heterocycles. The number of rotatable bonds is 5. The number of carbonyl (C=O) groups excluding carboxylic acids is 2. The first-order valence-electron chi connectivity index (χ1n) is 10.2. The molecule has 3 unspecified atom stereocenters. The minimum Gasteiger partial charge on any atom is -0.378 e. The number of nitrogens with zero attached hydrogens (tertiary/aromatic N) is 2. The van der Waals surface area contributed by atoms with Gasteiger partial charge in [-0.3, -0.25) is 14.5 Å². The predicted molar refractivity (Wildman–Crippen MR) is 107 cm³/mol. The van der Waals surface area contributed by atoms with Crippen molar-refractivity contribution in [3.8, 4) is 0 Å². The second kappa shape index (κ2) is 8.29. The van der Waals surface area contributed by atoms with E-state index in [1.54, 1.807) is 23.1 Å². The summed E-state index contributed by atoms with van der Waals surface area (Å²) in [5.74, 6) is -4.09. The number of fused-ring (bicyclic) bond motifs is 1. The lowest BCUT2D eigenvalue weighted by Crippen LogP contribution is -2.46. The van der Waals surface area contributed by atoms with Gasteiger partial charge >= 0.3 is 0 Å². The summed E-state index contributed by atoms with van der Waals surface area (Å²) in [5.41, 5.74) is 0.860. The summed E-state index contributed by atoms with van der Waals surface area (Å²) in [6.45, 7) is 4.02. The molecule has 3 aliphatic rings. The van der Waals surface area contributed by atoms with Crippen molar-refractivity contribution in [3.05, 3.63) is 53.9 Å². The fraction of sp³-hybridized carbons (Fsp3) is 0.455. The maximum absolute atomic E-state index is 13.4. The van der Waals surface area contributed by atoms with Gasteiger partial charge in [-0.15, -0.1) is 0 Å². The second-order valence-electron chi connectivity index (χ2n) is 7.60. The summed E-state index contributed by atoms with van der Waals surface area (Å²) >= 11 is 0. The SMILES string of the molecule is CCCOC1(O)C(=O)N(c2ccc(F)cc2)C2C=CC(C(=O)N3CCOCC3)=CC21. The second-order valence-corrected chi connectivity index (χ2v) is 7.60. The van der Waals surface area contributed by atoms with Crippen molar-refractivity contribution in [1.29, 1.82) is 0 Å². The quantitative estimate of drug-likeness (QED) is 0.738. The zero-order valence-corrected chi connectivity index (χ0v) is 16.8. The molecule has 8 heteroatoms. The average molecular weight is 416 g/mol. The molecule has 160 valence electrons. The van der Waals surface area contributed by atoms with Crippen LogP contribution in [0.4, 0.5) is 10.1 Å². The van der Waals surface area contributed by atoms with Crippen molar-refractivity contribution in [2.75, 3.05) is 37.8 Å². The van der Waals surface area contributed by atoms with E-state index in [1.807, 2.05) is 6.92 Å². The summed E-state index contributed by atoms with van der Waals surface area (Å²) < 4.78 is 24.3. The fourth-order valence-corrected chi connectivity index (χ4v) is 4.11. The predicted octanol–water partition coefficient (Wildman–Crippen LogP) is 1.63. The Morgan fingerprint density at radius 3 is 2.67 bits per heavy atom.